The maximum absolute atomic E-state index is 9.95. The van der Waals surface area contributed by atoms with Gasteiger partial charge >= 0.3 is 0 Å². The Hall–Kier alpha value is -0.570. The lowest BCUT2D eigenvalue weighted by atomic mass is 10.0. The first-order valence-corrected chi connectivity index (χ1v) is 5.13. The second kappa shape index (κ2) is 6.83. The summed E-state index contributed by atoms with van der Waals surface area (Å²) in [6.45, 7) is 6.96. The highest BCUT2D eigenvalue weighted by molar-refractivity contribution is 5.85. The van der Waals surface area contributed by atoms with Crippen molar-refractivity contribution in [3.63, 3.8) is 0 Å². The van der Waals surface area contributed by atoms with E-state index in [1.807, 2.05) is 45.0 Å². The minimum atomic E-state index is -0.421. The number of halogens is 1. The van der Waals surface area contributed by atoms with E-state index in [4.69, 9.17) is 0 Å². The average molecular weight is 230 g/mol. The monoisotopic (exact) mass is 229 g/mol. The summed E-state index contributed by atoms with van der Waals surface area (Å²) in [5.41, 5.74) is 2.20. The first-order valence-electron chi connectivity index (χ1n) is 5.13. The number of hydrogen-bond acceptors (Lipinski definition) is 2. The van der Waals surface area contributed by atoms with Gasteiger partial charge in [-0.2, -0.15) is 0 Å². The molecule has 0 spiro atoms. The summed E-state index contributed by atoms with van der Waals surface area (Å²) in [6, 6.07) is 8.11. The van der Waals surface area contributed by atoms with Crippen molar-refractivity contribution in [2.75, 3.05) is 6.54 Å². The Morgan fingerprint density at radius 2 is 1.80 bits per heavy atom. The molecule has 0 radical (unpaired) electrons. The van der Waals surface area contributed by atoms with Gasteiger partial charge < -0.3 is 10.4 Å². The van der Waals surface area contributed by atoms with Gasteiger partial charge in [-0.25, -0.2) is 0 Å². The predicted octanol–water partition coefficient (Wildman–Crippen LogP) is 2.45. The fourth-order valence-corrected chi connectivity index (χ4v) is 1.49. The number of likely N-dealkylation sites (N-methyl/N-ethyl adjacent to an activating group) is 1. The van der Waals surface area contributed by atoms with E-state index in [0.29, 0.717) is 0 Å². The predicted molar refractivity (Wildman–Crippen MR) is 66.5 cm³/mol. The summed E-state index contributed by atoms with van der Waals surface area (Å²) < 4.78 is 0. The molecule has 0 aromatic heterocycles. The van der Waals surface area contributed by atoms with Crippen molar-refractivity contribution < 1.29 is 5.11 Å². The number of benzene rings is 1. The highest BCUT2D eigenvalue weighted by Crippen LogP contribution is 2.16. The molecule has 3 heteroatoms. The Morgan fingerprint density at radius 3 is 2.27 bits per heavy atom. The third kappa shape index (κ3) is 4.20. The van der Waals surface area contributed by atoms with E-state index in [0.717, 1.165) is 12.1 Å². The third-order valence-corrected chi connectivity index (χ3v) is 2.42. The van der Waals surface area contributed by atoms with E-state index in [-0.39, 0.29) is 18.4 Å². The number of aliphatic hydroxyl groups excluding tert-OH is 1. The third-order valence-electron chi connectivity index (χ3n) is 2.42. The van der Waals surface area contributed by atoms with Crippen molar-refractivity contribution in [1.82, 2.24) is 5.32 Å². The van der Waals surface area contributed by atoms with Crippen molar-refractivity contribution in [3.05, 3.63) is 35.4 Å². The number of nitrogens with one attached hydrogen (secondary N) is 1. The lowest BCUT2D eigenvalue weighted by molar-refractivity contribution is 0.137. The Labute approximate surface area is 98.1 Å². The molecular formula is C12H20ClNO. The molecule has 15 heavy (non-hydrogen) atoms. The Morgan fingerprint density at radius 1 is 1.27 bits per heavy atom. The zero-order valence-corrected chi connectivity index (χ0v) is 10.3. The zero-order valence-electron chi connectivity index (χ0n) is 9.53. The lowest BCUT2D eigenvalue weighted by Crippen LogP contribution is -2.31. The standard InChI is InChI=1S/C12H19NO.ClH/c1-4-13-10(3)12(14)11-7-5-9(2)6-8-11;/h5-8,10,12-14H,4H2,1-3H3;1H/t10-,12+;/m1./s1. The molecule has 1 aromatic rings. The fraction of sp³-hybridized carbons (Fsp3) is 0.500. The van der Waals surface area contributed by atoms with Crippen molar-refractivity contribution in [3.8, 4) is 0 Å². The molecule has 0 unspecified atom stereocenters. The van der Waals surface area contributed by atoms with E-state index < -0.39 is 6.10 Å². The molecule has 0 aliphatic carbocycles. The number of hydrogen-bond donors (Lipinski definition) is 2. The van der Waals surface area contributed by atoms with Crippen LogP contribution in [-0.4, -0.2) is 17.7 Å². The van der Waals surface area contributed by atoms with Crippen molar-refractivity contribution in [1.29, 1.82) is 0 Å². The SMILES string of the molecule is CCN[C@H](C)[C@H](O)c1ccc(C)cc1.Cl. The van der Waals surface area contributed by atoms with Crippen molar-refractivity contribution in [2.45, 2.75) is 32.9 Å². The Kier molecular flexibility index (Phi) is 6.57. The van der Waals surface area contributed by atoms with Crippen LogP contribution in [0.3, 0.4) is 0 Å². The van der Waals surface area contributed by atoms with E-state index in [1.165, 1.54) is 5.56 Å². The van der Waals surface area contributed by atoms with Crippen LogP contribution in [0.1, 0.15) is 31.1 Å². The number of rotatable bonds is 4. The van der Waals surface area contributed by atoms with Gasteiger partial charge in [-0.1, -0.05) is 36.8 Å². The van der Waals surface area contributed by atoms with E-state index in [9.17, 15) is 5.11 Å². The maximum Gasteiger partial charge on any atom is 0.0940 e. The van der Waals surface area contributed by atoms with E-state index in [1.54, 1.807) is 0 Å². The maximum atomic E-state index is 9.95. The molecule has 2 atom stereocenters. The summed E-state index contributed by atoms with van der Waals surface area (Å²) in [6.07, 6.45) is -0.421. The molecule has 0 aliphatic heterocycles. The summed E-state index contributed by atoms with van der Waals surface area (Å²) in [5.74, 6) is 0. The smallest absolute Gasteiger partial charge is 0.0940 e. The summed E-state index contributed by atoms with van der Waals surface area (Å²) in [4.78, 5) is 0. The Balaban J connectivity index is 0.00000196. The topological polar surface area (TPSA) is 32.3 Å². The van der Waals surface area contributed by atoms with Gasteiger partial charge in [0.05, 0.1) is 6.10 Å². The molecule has 0 saturated heterocycles. The van der Waals surface area contributed by atoms with Crippen LogP contribution in [0.2, 0.25) is 0 Å². The largest absolute Gasteiger partial charge is 0.387 e. The lowest BCUT2D eigenvalue weighted by Gasteiger charge is -2.19. The van der Waals surface area contributed by atoms with Gasteiger partial charge in [0.2, 0.25) is 0 Å². The Bertz CT molecular complexity index is 273. The van der Waals surface area contributed by atoms with Gasteiger partial charge in [-0.3, -0.25) is 0 Å². The summed E-state index contributed by atoms with van der Waals surface area (Å²) in [7, 11) is 0. The van der Waals surface area contributed by atoms with Gasteiger partial charge in [0, 0.05) is 6.04 Å². The molecule has 0 fully saturated rings. The minimum Gasteiger partial charge on any atom is -0.387 e. The van der Waals surface area contributed by atoms with Gasteiger partial charge in [0.25, 0.3) is 0 Å². The molecule has 0 bridgehead atoms. The number of aliphatic hydroxyl groups is 1. The molecule has 0 aliphatic rings. The molecule has 0 amide bonds. The molecule has 2 nitrogen and oxygen atoms in total. The average Bonchev–Trinajstić information content (AvgIpc) is 2.18. The highest BCUT2D eigenvalue weighted by atomic mass is 35.5. The van der Waals surface area contributed by atoms with Crippen LogP contribution in [0.5, 0.6) is 0 Å². The van der Waals surface area contributed by atoms with Crippen LogP contribution in [0.4, 0.5) is 0 Å². The van der Waals surface area contributed by atoms with Crippen molar-refractivity contribution in [2.24, 2.45) is 0 Å². The van der Waals surface area contributed by atoms with Gasteiger partial charge in [-0.15, -0.1) is 12.4 Å². The molecular weight excluding hydrogens is 210 g/mol. The van der Waals surface area contributed by atoms with Gasteiger partial charge in [0.15, 0.2) is 0 Å². The van der Waals surface area contributed by atoms with Crippen LogP contribution in [0.15, 0.2) is 24.3 Å². The number of aryl methyl sites for hydroxylation is 1. The zero-order chi connectivity index (χ0) is 10.6. The quantitative estimate of drug-likeness (QED) is 0.832. The van der Waals surface area contributed by atoms with E-state index in [2.05, 4.69) is 5.32 Å². The van der Waals surface area contributed by atoms with Crippen LogP contribution >= 0.6 is 12.4 Å². The molecule has 86 valence electrons. The summed E-state index contributed by atoms with van der Waals surface area (Å²) >= 11 is 0. The van der Waals surface area contributed by atoms with Crippen molar-refractivity contribution >= 4 is 12.4 Å². The minimum absolute atomic E-state index is 0. The van der Waals surface area contributed by atoms with E-state index >= 15 is 0 Å². The normalized spacial score (nSPS) is 14.1. The van der Waals surface area contributed by atoms with Crippen LogP contribution < -0.4 is 5.32 Å². The molecule has 1 aromatic carbocycles. The molecule has 1 rings (SSSR count). The highest BCUT2D eigenvalue weighted by Gasteiger charge is 2.14. The second-order valence-corrected chi connectivity index (χ2v) is 3.70. The fourth-order valence-electron chi connectivity index (χ4n) is 1.49. The first kappa shape index (κ1) is 14.4. The molecule has 0 saturated carbocycles. The summed E-state index contributed by atoms with van der Waals surface area (Å²) in [5, 5.41) is 13.2. The van der Waals surface area contributed by atoms with Gasteiger partial charge in [0.1, 0.15) is 0 Å². The van der Waals surface area contributed by atoms with Gasteiger partial charge in [-0.05, 0) is 26.0 Å². The second-order valence-electron chi connectivity index (χ2n) is 3.70. The van der Waals surface area contributed by atoms with Crippen LogP contribution in [-0.2, 0) is 0 Å². The van der Waals surface area contributed by atoms with Crippen LogP contribution in [0.25, 0.3) is 0 Å². The van der Waals surface area contributed by atoms with Crippen LogP contribution in [0, 0.1) is 6.92 Å². The first-order chi connectivity index (χ1) is 6.65. The molecule has 2 N–H and O–H groups in total. The molecule has 0 heterocycles.